The van der Waals surface area contributed by atoms with E-state index in [1.165, 1.54) is 11.3 Å². The molecule has 1 heterocycles. The third-order valence-electron chi connectivity index (χ3n) is 3.23. The van der Waals surface area contributed by atoms with Crippen molar-refractivity contribution in [2.75, 3.05) is 17.6 Å². The number of benzene rings is 1. The predicted octanol–water partition coefficient (Wildman–Crippen LogP) is 3.48. The fraction of sp³-hybridized carbons (Fsp3) is 0.250. The van der Waals surface area contributed by atoms with Crippen LogP contribution in [0.3, 0.4) is 0 Å². The number of aryl methyl sites for hydroxylation is 2. The zero-order chi connectivity index (χ0) is 15.6. The Labute approximate surface area is 128 Å². The number of nitrogens with two attached hydrogens (primary N) is 1. The van der Waals surface area contributed by atoms with Crippen molar-refractivity contribution < 1.29 is 4.79 Å². The van der Waals surface area contributed by atoms with Crippen LogP contribution >= 0.6 is 11.3 Å². The van der Waals surface area contributed by atoms with Gasteiger partial charge in [0.1, 0.15) is 21.5 Å². The number of carbonyl (C=O) groups is 1. The highest BCUT2D eigenvalue weighted by Crippen LogP contribution is 2.36. The van der Waals surface area contributed by atoms with Crippen LogP contribution in [0.25, 0.3) is 0 Å². The number of ketones is 1. The van der Waals surface area contributed by atoms with E-state index in [9.17, 15) is 10.1 Å². The third-order valence-corrected chi connectivity index (χ3v) is 4.39. The Balaban J connectivity index is 2.51. The number of hydrogen-bond acceptors (Lipinski definition) is 5. The number of nitrogens with zero attached hydrogens (tertiary/aromatic N) is 1. The maximum Gasteiger partial charge on any atom is 0.205 e. The molecule has 0 amide bonds. The van der Waals surface area contributed by atoms with Gasteiger partial charge in [0.15, 0.2) is 0 Å². The third kappa shape index (κ3) is 2.76. The molecule has 5 heteroatoms. The van der Waals surface area contributed by atoms with E-state index in [0.717, 1.165) is 11.1 Å². The number of anilines is 2. The van der Waals surface area contributed by atoms with E-state index in [1.807, 2.05) is 39.0 Å². The molecule has 2 aromatic rings. The SMILES string of the molecule is CCNc1sc(C(=O)c2ccc(C)cc2C)c(N)c1C#N. The highest BCUT2D eigenvalue weighted by atomic mass is 32.1. The van der Waals surface area contributed by atoms with Crippen LogP contribution in [0.2, 0.25) is 0 Å². The van der Waals surface area contributed by atoms with Gasteiger partial charge in [-0.2, -0.15) is 5.26 Å². The molecule has 0 aliphatic heterocycles. The molecule has 0 aliphatic rings. The first-order chi connectivity index (χ1) is 9.99. The topological polar surface area (TPSA) is 78.9 Å². The van der Waals surface area contributed by atoms with Gasteiger partial charge in [-0.15, -0.1) is 11.3 Å². The van der Waals surface area contributed by atoms with Crippen molar-refractivity contribution in [1.29, 1.82) is 5.26 Å². The van der Waals surface area contributed by atoms with Gasteiger partial charge in [0.05, 0.1) is 5.69 Å². The molecule has 1 aromatic carbocycles. The molecule has 3 N–H and O–H groups in total. The first kappa shape index (κ1) is 15.1. The number of rotatable bonds is 4. The Hall–Kier alpha value is -2.32. The van der Waals surface area contributed by atoms with E-state index in [4.69, 9.17) is 5.73 Å². The summed E-state index contributed by atoms with van der Waals surface area (Å²) in [5, 5.41) is 12.9. The molecule has 0 bridgehead atoms. The van der Waals surface area contributed by atoms with Gasteiger partial charge in [-0.25, -0.2) is 0 Å². The van der Waals surface area contributed by atoms with E-state index >= 15 is 0 Å². The van der Waals surface area contributed by atoms with Crippen molar-refractivity contribution in [3.63, 3.8) is 0 Å². The van der Waals surface area contributed by atoms with Crippen LogP contribution in [0.1, 0.15) is 38.8 Å². The summed E-state index contributed by atoms with van der Waals surface area (Å²) in [5.41, 5.74) is 9.26. The van der Waals surface area contributed by atoms with Gasteiger partial charge >= 0.3 is 0 Å². The number of nitrogen functional groups attached to an aromatic ring is 1. The molecule has 2 rings (SSSR count). The summed E-state index contributed by atoms with van der Waals surface area (Å²) in [7, 11) is 0. The van der Waals surface area contributed by atoms with Gasteiger partial charge in [-0.3, -0.25) is 4.79 Å². The van der Waals surface area contributed by atoms with Crippen LogP contribution in [0.15, 0.2) is 18.2 Å². The molecular formula is C16H17N3OS. The fourth-order valence-corrected chi connectivity index (χ4v) is 3.29. The first-order valence-electron chi connectivity index (χ1n) is 6.67. The van der Waals surface area contributed by atoms with E-state index in [2.05, 4.69) is 11.4 Å². The van der Waals surface area contributed by atoms with E-state index < -0.39 is 0 Å². The van der Waals surface area contributed by atoms with Crippen LogP contribution in [0.4, 0.5) is 10.7 Å². The lowest BCUT2D eigenvalue weighted by Crippen LogP contribution is -2.05. The zero-order valence-electron chi connectivity index (χ0n) is 12.3. The minimum atomic E-state index is -0.129. The van der Waals surface area contributed by atoms with Crippen molar-refractivity contribution in [3.8, 4) is 6.07 Å². The molecule has 0 atom stereocenters. The van der Waals surface area contributed by atoms with Crippen LogP contribution in [-0.4, -0.2) is 12.3 Å². The van der Waals surface area contributed by atoms with Crippen molar-refractivity contribution in [2.24, 2.45) is 0 Å². The maximum atomic E-state index is 12.7. The van der Waals surface area contributed by atoms with E-state index in [0.29, 0.717) is 27.5 Å². The molecule has 0 unspecified atom stereocenters. The summed E-state index contributed by atoms with van der Waals surface area (Å²) < 4.78 is 0. The summed E-state index contributed by atoms with van der Waals surface area (Å²) in [6, 6.07) is 7.75. The Kier molecular flexibility index (Phi) is 4.29. The van der Waals surface area contributed by atoms with Gasteiger partial charge in [-0.05, 0) is 26.3 Å². The maximum absolute atomic E-state index is 12.7. The molecule has 0 radical (unpaired) electrons. The molecule has 4 nitrogen and oxygen atoms in total. The van der Waals surface area contributed by atoms with E-state index in [1.54, 1.807) is 0 Å². The number of nitriles is 1. The minimum Gasteiger partial charge on any atom is -0.396 e. The van der Waals surface area contributed by atoms with Gasteiger partial charge in [0.2, 0.25) is 5.78 Å². The molecular weight excluding hydrogens is 282 g/mol. The average molecular weight is 299 g/mol. The Morgan fingerprint density at radius 3 is 2.71 bits per heavy atom. The summed E-state index contributed by atoms with van der Waals surface area (Å²) >= 11 is 1.24. The quantitative estimate of drug-likeness (QED) is 0.847. The Bertz CT molecular complexity index is 741. The minimum absolute atomic E-state index is 0.129. The largest absolute Gasteiger partial charge is 0.396 e. The fourth-order valence-electron chi connectivity index (χ4n) is 2.20. The van der Waals surface area contributed by atoms with Crippen LogP contribution in [-0.2, 0) is 0 Å². The summed E-state index contributed by atoms with van der Waals surface area (Å²) in [6.45, 7) is 6.49. The molecule has 0 fully saturated rings. The van der Waals surface area contributed by atoms with Gasteiger partial charge in [-0.1, -0.05) is 23.8 Å². The molecule has 21 heavy (non-hydrogen) atoms. The normalized spacial score (nSPS) is 10.2. The van der Waals surface area contributed by atoms with Gasteiger partial charge in [0, 0.05) is 12.1 Å². The Morgan fingerprint density at radius 1 is 1.43 bits per heavy atom. The average Bonchev–Trinajstić information content (AvgIpc) is 2.75. The first-order valence-corrected chi connectivity index (χ1v) is 7.49. The second-order valence-corrected chi connectivity index (χ2v) is 5.86. The summed E-state index contributed by atoms with van der Waals surface area (Å²) in [6.07, 6.45) is 0. The van der Waals surface area contributed by atoms with Gasteiger partial charge < -0.3 is 11.1 Å². The standard InChI is InChI=1S/C16H17N3OS/c1-4-19-16-12(8-17)13(18)15(21-16)14(20)11-6-5-9(2)7-10(11)3/h5-7,19H,4,18H2,1-3H3. The van der Waals surface area contributed by atoms with E-state index in [-0.39, 0.29) is 11.5 Å². The van der Waals surface area contributed by atoms with Crippen LogP contribution in [0.5, 0.6) is 0 Å². The number of carbonyl (C=O) groups excluding carboxylic acids is 1. The molecule has 108 valence electrons. The molecule has 0 saturated carbocycles. The molecule has 0 aliphatic carbocycles. The van der Waals surface area contributed by atoms with Crippen LogP contribution in [0, 0.1) is 25.2 Å². The Morgan fingerprint density at radius 2 is 2.14 bits per heavy atom. The van der Waals surface area contributed by atoms with Crippen molar-refractivity contribution in [1.82, 2.24) is 0 Å². The number of hydrogen-bond donors (Lipinski definition) is 2. The lowest BCUT2D eigenvalue weighted by molar-refractivity contribution is 0.104. The summed E-state index contributed by atoms with van der Waals surface area (Å²) in [4.78, 5) is 13.1. The molecule has 0 saturated heterocycles. The van der Waals surface area contributed by atoms with Crippen LogP contribution < -0.4 is 11.1 Å². The monoisotopic (exact) mass is 299 g/mol. The van der Waals surface area contributed by atoms with Crippen molar-refractivity contribution >= 4 is 27.8 Å². The lowest BCUT2D eigenvalue weighted by atomic mass is 10.0. The van der Waals surface area contributed by atoms with Gasteiger partial charge in [0.25, 0.3) is 0 Å². The predicted molar refractivity (Wildman–Crippen MR) is 87.0 cm³/mol. The summed E-state index contributed by atoms with van der Waals surface area (Å²) in [5.74, 6) is -0.129. The number of thiophene rings is 1. The molecule has 1 aromatic heterocycles. The second kappa shape index (κ2) is 5.98. The smallest absolute Gasteiger partial charge is 0.205 e. The highest BCUT2D eigenvalue weighted by Gasteiger charge is 2.22. The highest BCUT2D eigenvalue weighted by molar-refractivity contribution is 7.19. The lowest BCUT2D eigenvalue weighted by Gasteiger charge is -2.05. The second-order valence-electron chi connectivity index (χ2n) is 4.84. The van der Waals surface area contributed by atoms with Crippen molar-refractivity contribution in [3.05, 3.63) is 45.3 Å². The van der Waals surface area contributed by atoms with Crippen molar-refractivity contribution in [2.45, 2.75) is 20.8 Å². The zero-order valence-corrected chi connectivity index (χ0v) is 13.1. The molecule has 0 spiro atoms. The number of nitrogens with one attached hydrogen (secondary N) is 1.